The summed E-state index contributed by atoms with van der Waals surface area (Å²) in [7, 11) is 0. The fraction of sp³-hybridized carbons (Fsp3) is 0.182. The van der Waals surface area contributed by atoms with E-state index in [9.17, 15) is 14.4 Å². The van der Waals surface area contributed by atoms with E-state index in [1.54, 1.807) is 46.2 Å². The third-order valence-electron chi connectivity index (χ3n) is 4.89. The Bertz CT molecular complexity index is 1070. The monoisotopic (exact) mass is 388 g/mol. The lowest BCUT2D eigenvalue weighted by Crippen LogP contribution is -2.50. The van der Waals surface area contributed by atoms with Gasteiger partial charge in [-0.2, -0.15) is 9.78 Å². The molecule has 2 aromatic carbocycles. The first-order chi connectivity index (χ1) is 14.1. The van der Waals surface area contributed by atoms with Crippen LogP contribution in [0.1, 0.15) is 20.8 Å². The lowest BCUT2D eigenvalue weighted by Gasteiger charge is -2.34. The second kappa shape index (κ2) is 8.10. The highest BCUT2D eigenvalue weighted by Gasteiger charge is 2.26. The second-order valence-electron chi connectivity index (χ2n) is 6.75. The van der Waals surface area contributed by atoms with Crippen LogP contribution in [0, 0.1) is 0 Å². The van der Waals surface area contributed by atoms with E-state index >= 15 is 0 Å². The number of hydrogen-bond acceptors (Lipinski definition) is 4. The summed E-state index contributed by atoms with van der Waals surface area (Å²) in [6.45, 7) is 1.75. The summed E-state index contributed by atoms with van der Waals surface area (Å²) in [5.74, 6) is -0.282. The predicted molar refractivity (Wildman–Crippen MR) is 108 cm³/mol. The van der Waals surface area contributed by atoms with Crippen molar-refractivity contribution < 1.29 is 9.59 Å². The minimum atomic E-state index is -0.300. The number of hydrogen-bond donors (Lipinski definition) is 0. The topological polar surface area (TPSA) is 75.5 Å². The van der Waals surface area contributed by atoms with Gasteiger partial charge in [-0.15, -0.1) is 0 Å². The Hall–Kier alpha value is -3.74. The molecule has 0 atom stereocenters. The fourth-order valence-corrected chi connectivity index (χ4v) is 3.32. The molecule has 0 saturated carbocycles. The van der Waals surface area contributed by atoms with Crippen molar-refractivity contribution >= 4 is 11.8 Å². The first-order valence-electron chi connectivity index (χ1n) is 9.43. The van der Waals surface area contributed by atoms with Crippen molar-refractivity contribution in [3.63, 3.8) is 0 Å². The first kappa shape index (κ1) is 18.6. The highest BCUT2D eigenvalue weighted by Crippen LogP contribution is 2.11. The smallest absolute Gasteiger partial charge is 0.274 e. The van der Waals surface area contributed by atoms with Crippen molar-refractivity contribution in [2.75, 3.05) is 26.2 Å². The molecule has 7 nitrogen and oxygen atoms in total. The van der Waals surface area contributed by atoms with Crippen LogP contribution in [0.3, 0.4) is 0 Å². The second-order valence-corrected chi connectivity index (χ2v) is 6.75. The Kier molecular flexibility index (Phi) is 5.20. The third kappa shape index (κ3) is 3.94. The fourth-order valence-electron chi connectivity index (χ4n) is 3.32. The van der Waals surface area contributed by atoms with E-state index in [1.807, 2.05) is 24.3 Å². The summed E-state index contributed by atoms with van der Waals surface area (Å²) in [6, 6.07) is 20.9. The van der Waals surface area contributed by atoms with Gasteiger partial charge in [0.25, 0.3) is 17.4 Å². The highest BCUT2D eigenvalue weighted by molar-refractivity contribution is 5.95. The molecule has 1 aliphatic heterocycles. The summed E-state index contributed by atoms with van der Waals surface area (Å²) >= 11 is 0. The number of carbonyl (C=O) groups is 2. The lowest BCUT2D eigenvalue weighted by molar-refractivity contribution is 0.0531. The SMILES string of the molecule is O=C(c1ccccc1)N1CCN(C(=O)c2ccc(=O)n(-c3ccccc3)n2)CC1. The number of para-hydroxylation sites is 1. The Morgan fingerprint density at radius 1 is 0.690 bits per heavy atom. The molecule has 2 amide bonds. The molecule has 0 aliphatic carbocycles. The molecule has 7 heteroatoms. The van der Waals surface area contributed by atoms with E-state index in [4.69, 9.17) is 0 Å². The quantitative estimate of drug-likeness (QED) is 0.686. The van der Waals surface area contributed by atoms with E-state index < -0.39 is 0 Å². The van der Waals surface area contributed by atoms with Crippen LogP contribution in [0.4, 0.5) is 0 Å². The molecule has 1 saturated heterocycles. The molecule has 4 rings (SSSR count). The van der Waals surface area contributed by atoms with Gasteiger partial charge in [0, 0.05) is 37.8 Å². The van der Waals surface area contributed by atoms with Crippen molar-refractivity contribution in [2.45, 2.75) is 0 Å². The molecule has 0 radical (unpaired) electrons. The Morgan fingerprint density at radius 3 is 1.86 bits per heavy atom. The molecule has 29 heavy (non-hydrogen) atoms. The van der Waals surface area contributed by atoms with Crippen LogP contribution in [-0.4, -0.2) is 57.6 Å². The zero-order valence-corrected chi connectivity index (χ0v) is 15.8. The molecule has 1 aliphatic rings. The molecule has 3 aromatic rings. The maximum Gasteiger partial charge on any atom is 0.274 e. The molecule has 0 bridgehead atoms. The molecular weight excluding hydrogens is 368 g/mol. The normalized spacial score (nSPS) is 13.9. The van der Waals surface area contributed by atoms with Gasteiger partial charge >= 0.3 is 0 Å². The van der Waals surface area contributed by atoms with Gasteiger partial charge in [0.05, 0.1) is 5.69 Å². The minimum Gasteiger partial charge on any atom is -0.335 e. The number of benzene rings is 2. The lowest BCUT2D eigenvalue weighted by atomic mass is 10.2. The van der Waals surface area contributed by atoms with E-state index in [-0.39, 0.29) is 23.1 Å². The van der Waals surface area contributed by atoms with Crippen molar-refractivity contribution in [1.82, 2.24) is 19.6 Å². The van der Waals surface area contributed by atoms with Crippen molar-refractivity contribution in [1.29, 1.82) is 0 Å². The maximum atomic E-state index is 12.9. The predicted octanol–water partition coefficient (Wildman–Crippen LogP) is 1.83. The van der Waals surface area contributed by atoms with Crippen LogP contribution >= 0.6 is 0 Å². The number of nitrogens with zero attached hydrogens (tertiary/aromatic N) is 4. The number of piperazine rings is 1. The van der Waals surface area contributed by atoms with Crippen LogP contribution in [0.5, 0.6) is 0 Å². The molecule has 0 spiro atoms. The van der Waals surface area contributed by atoms with Gasteiger partial charge < -0.3 is 9.80 Å². The van der Waals surface area contributed by atoms with Gasteiger partial charge in [0.1, 0.15) is 5.69 Å². The Labute approximate surface area is 167 Å². The molecule has 2 heterocycles. The van der Waals surface area contributed by atoms with E-state index in [2.05, 4.69) is 5.10 Å². The van der Waals surface area contributed by atoms with E-state index in [0.29, 0.717) is 37.4 Å². The summed E-state index contributed by atoms with van der Waals surface area (Å²) in [5, 5.41) is 4.25. The Balaban J connectivity index is 1.46. The number of carbonyl (C=O) groups excluding carboxylic acids is 2. The molecule has 1 fully saturated rings. The molecule has 146 valence electrons. The summed E-state index contributed by atoms with van der Waals surface area (Å²) in [5.41, 5.74) is 1.15. The van der Waals surface area contributed by atoms with Gasteiger partial charge in [-0.1, -0.05) is 36.4 Å². The molecular formula is C22H20N4O3. The zero-order chi connectivity index (χ0) is 20.2. The van der Waals surface area contributed by atoms with Crippen LogP contribution in [0.25, 0.3) is 5.69 Å². The molecule has 1 aromatic heterocycles. The van der Waals surface area contributed by atoms with Crippen molar-refractivity contribution in [2.24, 2.45) is 0 Å². The third-order valence-corrected chi connectivity index (χ3v) is 4.89. The van der Waals surface area contributed by atoms with Crippen LogP contribution in [0.15, 0.2) is 77.6 Å². The first-order valence-corrected chi connectivity index (χ1v) is 9.43. The van der Waals surface area contributed by atoms with Gasteiger partial charge in [0.2, 0.25) is 0 Å². The highest BCUT2D eigenvalue weighted by atomic mass is 16.2. The average molecular weight is 388 g/mol. The summed E-state index contributed by atoms with van der Waals surface area (Å²) in [6.07, 6.45) is 0. The Morgan fingerprint density at radius 2 is 1.24 bits per heavy atom. The molecule has 0 unspecified atom stereocenters. The van der Waals surface area contributed by atoms with Crippen LogP contribution in [0.2, 0.25) is 0 Å². The standard InChI is InChI=1S/C22H20N4O3/c27-20-12-11-19(23-26(20)18-9-5-2-6-10-18)22(29)25-15-13-24(14-16-25)21(28)17-7-3-1-4-8-17/h1-12H,13-16H2. The van der Waals surface area contributed by atoms with Crippen LogP contribution in [-0.2, 0) is 0 Å². The van der Waals surface area contributed by atoms with Gasteiger partial charge in [0.15, 0.2) is 0 Å². The van der Waals surface area contributed by atoms with Crippen LogP contribution < -0.4 is 5.56 Å². The van der Waals surface area contributed by atoms with Gasteiger partial charge in [-0.05, 0) is 30.3 Å². The van der Waals surface area contributed by atoms with Crippen molar-refractivity contribution in [3.8, 4) is 5.69 Å². The maximum absolute atomic E-state index is 12.9. The van der Waals surface area contributed by atoms with E-state index in [0.717, 1.165) is 0 Å². The largest absolute Gasteiger partial charge is 0.335 e. The van der Waals surface area contributed by atoms with Crippen molar-refractivity contribution in [3.05, 3.63) is 94.4 Å². The van der Waals surface area contributed by atoms with Gasteiger partial charge in [-0.25, -0.2) is 0 Å². The summed E-state index contributed by atoms with van der Waals surface area (Å²) in [4.78, 5) is 41.0. The summed E-state index contributed by atoms with van der Waals surface area (Å²) < 4.78 is 1.22. The molecule has 0 N–H and O–H groups in total. The zero-order valence-electron chi connectivity index (χ0n) is 15.8. The number of amides is 2. The van der Waals surface area contributed by atoms with Gasteiger partial charge in [-0.3, -0.25) is 14.4 Å². The average Bonchev–Trinajstić information content (AvgIpc) is 2.80. The minimum absolute atomic E-state index is 0.0338. The number of rotatable bonds is 3. The number of aromatic nitrogens is 2. The van der Waals surface area contributed by atoms with E-state index in [1.165, 1.54) is 16.8 Å².